The maximum Gasteiger partial charge on any atom is 0.329 e. The van der Waals surface area contributed by atoms with Crippen LogP contribution in [0.25, 0.3) is 0 Å². The third kappa shape index (κ3) is 31.6. The Kier molecular flexibility index (Phi) is 35.6. The van der Waals surface area contributed by atoms with Crippen LogP contribution in [0.4, 0.5) is 0 Å². The third-order valence-corrected chi connectivity index (χ3v) is 10.8. The maximum atomic E-state index is 13.9. The smallest absolute Gasteiger partial charge is 0.329 e. The first-order valence-corrected chi connectivity index (χ1v) is 22.6. The summed E-state index contributed by atoms with van der Waals surface area (Å²) in [7, 11) is 0. The van der Waals surface area contributed by atoms with Gasteiger partial charge in [0.05, 0.1) is 0 Å². The monoisotopic (exact) mass is 722 g/mol. The van der Waals surface area contributed by atoms with E-state index in [2.05, 4.69) is 33.0 Å². The summed E-state index contributed by atoms with van der Waals surface area (Å²) in [6.07, 6.45) is 39.3. The molecule has 0 aliphatic rings. The fraction of sp³-hybridized carbons (Fsp3) is 0.933. The molecule has 0 radical (unpaired) electrons. The summed E-state index contributed by atoms with van der Waals surface area (Å²) >= 11 is 0. The Morgan fingerprint density at radius 3 is 1.14 bits per heavy atom. The van der Waals surface area contributed by atoms with E-state index in [4.69, 9.17) is 4.74 Å². The number of hydrogen-bond donors (Lipinski definition) is 2. The average molecular weight is 722 g/mol. The SMILES string of the molecule is CCCCCCCCCCCCCCCCCC(=O)N[C@@H](CCC(=O)O)C(=O)OC(CCCCCC)(CCCCCC)CCCCCCCCC. The van der Waals surface area contributed by atoms with Gasteiger partial charge in [0.2, 0.25) is 5.91 Å². The van der Waals surface area contributed by atoms with Gasteiger partial charge >= 0.3 is 11.9 Å². The highest BCUT2D eigenvalue weighted by atomic mass is 16.6. The van der Waals surface area contributed by atoms with Gasteiger partial charge in [0, 0.05) is 12.8 Å². The van der Waals surface area contributed by atoms with E-state index in [-0.39, 0.29) is 18.7 Å². The Hall–Kier alpha value is -1.59. The second-order valence-electron chi connectivity index (χ2n) is 15.8. The number of hydrogen-bond acceptors (Lipinski definition) is 4. The van der Waals surface area contributed by atoms with E-state index in [1.54, 1.807) is 0 Å². The molecule has 302 valence electrons. The summed E-state index contributed by atoms with van der Waals surface area (Å²) in [6.45, 7) is 8.94. The van der Waals surface area contributed by atoms with E-state index < -0.39 is 23.6 Å². The maximum absolute atomic E-state index is 13.9. The fourth-order valence-electron chi connectivity index (χ4n) is 7.40. The molecule has 0 aromatic heterocycles. The van der Waals surface area contributed by atoms with Crippen LogP contribution in [0.2, 0.25) is 0 Å². The van der Waals surface area contributed by atoms with E-state index >= 15 is 0 Å². The number of carboxylic acid groups (broad SMARTS) is 1. The highest BCUT2D eigenvalue weighted by Crippen LogP contribution is 2.34. The molecule has 1 atom stereocenters. The molecule has 0 rings (SSSR count). The van der Waals surface area contributed by atoms with Gasteiger partial charge in [-0.2, -0.15) is 0 Å². The number of carbonyl (C=O) groups excluding carboxylic acids is 2. The summed E-state index contributed by atoms with van der Waals surface area (Å²) in [4.78, 5) is 38.5. The molecule has 6 heteroatoms. The molecule has 0 aliphatic carbocycles. The molecule has 0 spiro atoms. The van der Waals surface area contributed by atoms with Gasteiger partial charge in [-0.25, -0.2) is 4.79 Å². The lowest BCUT2D eigenvalue weighted by molar-refractivity contribution is -0.167. The minimum absolute atomic E-state index is 0.0674. The highest BCUT2D eigenvalue weighted by molar-refractivity contribution is 5.85. The van der Waals surface area contributed by atoms with Gasteiger partial charge in [0.25, 0.3) is 0 Å². The topological polar surface area (TPSA) is 92.7 Å². The highest BCUT2D eigenvalue weighted by Gasteiger charge is 2.36. The standard InChI is InChI=1S/C45H87NO5/c1-5-9-13-17-19-20-21-22-23-24-25-26-27-29-31-35-42(47)46-41(36-37-43(48)49)44(50)51-45(38-32-15-11-7-3,39-33-16-12-8-4)40-34-30-28-18-14-10-6-2/h41H,5-40H2,1-4H3,(H,46,47)(H,48,49)/t41-/m0/s1. The Labute approximate surface area is 317 Å². The zero-order chi connectivity index (χ0) is 37.7. The molecule has 51 heavy (non-hydrogen) atoms. The van der Waals surface area contributed by atoms with Crippen molar-refractivity contribution >= 4 is 17.8 Å². The third-order valence-electron chi connectivity index (χ3n) is 10.8. The van der Waals surface area contributed by atoms with Crippen LogP contribution >= 0.6 is 0 Å². The summed E-state index contributed by atoms with van der Waals surface area (Å²) in [5.74, 6) is -1.56. The minimum Gasteiger partial charge on any atom is -0.481 e. The number of carbonyl (C=O) groups is 3. The number of carboxylic acids is 1. The number of ether oxygens (including phenoxy) is 1. The van der Waals surface area contributed by atoms with Crippen molar-refractivity contribution in [1.82, 2.24) is 5.32 Å². The van der Waals surface area contributed by atoms with E-state index in [1.807, 2.05) is 0 Å². The van der Waals surface area contributed by atoms with Crippen molar-refractivity contribution in [2.45, 2.75) is 270 Å². The largest absolute Gasteiger partial charge is 0.481 e. The number of esters is 1. The first-order valence-electron chi connectivity index (χ1n) is 22.6. The zero-order valence-electron chi connectivity index (χ0n) is 34.6. The number of amides is 1. The molecule has 0 aliphatic heterocycles. The van der Waals surface area contributed by atoms with Gasteiger partial charge in [-0.3, -0.25) is 9.59 Å². The molecule has 0 fully saturated rings. The van der Waals surface area contributed by atoms with Crippen LogP contribution in [-0.2, 0) is 19.1 Å². The molecule has 0 aromatic rings. The molecule has 6 nitrogen and oxygen atoms in total. The van der Waals surface area contributed by atoms with Gasteiger partial charge in [-0.15, -0.1) is 0 Å². The number of unbranched alkanes of at least 4 members (excludes halogenated alkanes) is 26. The van der Waals surface area contributed by atoms with Crippen LogP contribution < -0.4 is 5.32 Å². The summed E-state index contributed by atoms with van der Waals surface area (Å²) in [5, 5.41) is 12.4. The van der Waals surface area contributed by atoms with Crippen LogP contribution in [-0.4, -0.2) is 34.6 Å². The summed E-state index contributed by atoms with van der Waals surface area (Å²) in [5.41, 5.74) is -0.539. The van der Waals surface area contributed by atoms with Crippen molar-refractivity contribution in [2.24, 2.45) is 0 Å². The van der Waals surface area contributed by atoms with E-state index in [0.717, 1.165) is 89.9 Å². The van der Waals surface area contributed by atoms with E-state index in [9.17, 15) is 19.5 Å². The normalized spacial score (nSPS) is 12.2. The second-order valence-corrected chi connectivity index (χ2v) is 15.8. The molecule has 0 heterocycles. The van der Waals surface area contributed by atoms with Crippen molar-refractivity contribution in [3.05, 3.63) is 0 Å². The predicted molar refractivity (Wildman–Crippen MR) is 217 cm³/mol. The fourth-order valence-corrected chi connectivity index (χ4v) is 7.40. The van der Waals surface area contributed by atoms with Gasteiger partial charge in [-0.1, -0.05) is 195 Å². The van der Waals surface area contributed by atoms with E-state index in [0.29, 0.717) is 6.42 Å². The predicted octanol–water partition coefficient (Wildman–Crippen LogP) is 14.0. The Morgan fingerprint density at radius 1 is 0.471 bits per heavy atom. The van der Waals surface area contributed by atoms with Crippen LogP contribution in [0.5, 0.6) is 0 Å². The van der Waals surface area contributed by atoms with Gasteiger partial charge in [0.15, 0.2) is 0 Å². The number of nitrogens with one attached hydrogen (secondary N) is 1. The first kappa shape index (κ1) is 49.4. The lowest BCUT2D eigenvalue weighted by Gasteiger charge is -2.36. The van der Waals surface area contributed by atoms with Crippen molar-refractivity contribution < 1.29 is 24.2 Å². The molecule has 1 amide bonds. The van der Waals surface area contributed by atoms with Crippen molar-refractivity contribution in [3.8, 4) is 0 Å². The van der Waals surface area contributed by atoms with Crippen molar-refractivity contribution in [2.75, 3.05) is 0 Å². The minimum atomic E-state index is -0.960. The van der Waals surface area contributed by atoms with Gasteiger partial charge < -0.3 is 15.2 Å². The lowest BCUT2D eigenvalue weighted by atomic mass is 9.84. The molecule has 0 saturated heterocycles. The van der Waals surface area contributed by atoms with Crippen LogP contribution in [0.15, 0.2) is 0 Å². The van der Waals surface area contributed by atoms with Gasteiger partial charge in [0.1, 0.15) is 11.6 Å². The lowest BCUT2D eigenvalue weighted by Crippen LogP contribution is -2.46. The molecule has 2 N–H and O–H groups in total. The van der Waals surface area contributed by atoms with Crippen molar-refractivity contribution in [3.63, 3.8) is 0 Å². The number of aliphatic carboxylic acids is 1. The van der Waals surface area contributed by atoms with Crippen LogP contribution in [0.1, 0.15) is 259 Å². The van der Waals surface area contributed by atoms with Gasteiger partial charge in [-0.05, 0) is 51.4 Å². The quantitative estimate of drug-likeness (QED) is 0.0485. The second kappa shape index (κ2) is 36.8. The molecule has 0 unspecified atom stereocenters. The Balaban J connectivity index is 5.03. The Bertz CT molecular complexity index is 787. The molecule has 0 bridgehead atoms. The first-order chi connectivity index (χ1) is 24.8. The van der Waals surface area contributed by atoms with E-state index in [1.165, 1.54) is 122 Å². The average Bonchev–Trinajstić information content (AvgIpc) is 3.11. The summed E-state index contributed by atoms with van der Waals surface area (Å²) in [6, 6.07) is -0.912. The Morgan fingerprint density at radius 2 is 0.784 bits per heavy atom. The van der Waals surface area contributed by atoms with Crippen molar-refractivity contribution in [1.29, 1.82) is 0 Å². The van der Waals surface area contributed by atoms with Crippen LogP contribution in [0.3, 0.4) is 0 Å². The summed E-state index contributed by atoms with van der Waals surface area (Å²) < 4.78 is 6.52. The molecular formula is C45H87NO5. The zero-order valence-corrected chi connectivity index (χ0v) is 34.6. The molecule has 0 aromatic carbocycles. The molecular weight excluding hydrogens is 634 g/mol. The number of rotatable bonds is 40. The molecule has 0 saturated carbocycles. The van der Waals surface area contributed by atoms with Crippen LogP contribution in [0, 0.1) is 0 Å².